The number of hydrogen-bond donors (Lipinski definition) is 2. The van der Waals surface area contributed by atoms with Gasteiger partial charge in [-0.2, -0.15) is 0 Å². The van der Waals surface area contributed by atoms with E-state index < -0.39 is 0 Å². The third-order valence-corrected chi connectivity index (χ3v) is 3.01. The molecule has 3 nitrogen and oxygen atoms in total. The van der Waals surface area contributed by atoms with Crippen molar-refractivity contribution in [2.75, 3.05) is 20.2 Å². The summed E-state index contributed by atoms with van der Waals surface area (Å²) in [5.41, 5.74) is 1.53. The van der Waals surface area contributed by atoms with Crippen LogP contribution < -0.4 is 0 Å². The second-order valence-corrected chi connectivity index (χ2v) is 4.55. The zero-order valence-corrected chi connectivity index (χ0v) is 8.66. The van der Waals surface area contributed by atoms with E-state index in [4.69, 9.17) is 0 Å². The first-order chi connectivity index (χ1) is 6.74. The summed E-state index contributed by atoms with van der Waals surface area (Å²) in [5, 5.41) is 9.20. The van der Waals surface area contributed by atoms with E-state index >= 15 is 0 Å². The highest BCUT2D eigenvalue weighted by molar-refractivity contribution is 5.08. The Bertz CT molecular complexity index is 277. The van der Waals surface area contributed by atoms with Gasteiger partial charge in [-0.1, -0.05) is 0 Å². The number of nitrogens with zero attached hydrogens (tertiary/aromatic N) is 1. The van der Waals surface area contributed by atoms with Crippen LogP contribution in [0.3, 0.4) is 0 Å². The summed E-state index contributed by atoms with van der Waals surface area (Å²) in [6.07, 6.45) is 6.33. The number of aromatic amines is 1. The molecule has 3 heteroatoms. The summed E-state index contributed by atoms with van der Waals surface area (Å²) in [6.45, 7) is 2.31. The third-order valence-electron chi connectivity index (χ3n) is 3.01. The Morgan fingerprint density at radius 2 is 2.36 bits per heavy atom. The van der Waals surface area contributed by atoms with Crippen LogP contribution >= 0.6 is 0 Å². The van der Waals surface area contributed by atoms with Crippen molar-refractivity contribution in [3.05, 3.63) is 24.0 Å². The molecular weight excluding hydrogens is 176 g/mol. The smallest absolute Gasteiger partial charge is 0.0499 e. The van der Waals surface area contributed by atoms with Crippen molar-refractivity contribution >= 4 is 0 Å². The molecule has 2 N–H and O–H groups in total. The summed E-state index contributed by atoms with van der Waals surface area (Å²) in [6, 6.07) is 2.09. The zero-order chi connectivity index (χ0) is 10.0. The van der Waals surface area contributed by atoms with Gasteiger partial charge in [-0.25, -0.2) is 0 Å². The minimum atomic E-state index is 0.227. The SMILES string of the molecule is CN(Cc1cc[nH]c1)CC1(CO)CC1. The van der Waals surface area contributed by atoms with Crippen LogP contribution in [-0.4, -0.2) is 35.2 Å². The van der Waals surface area contributed by atoms with Crippen LogP contribution in [0.15, 0.2) is 18.5 Å². The number of nitrogens with one attached hydrogen (secondary N) is 1. The Hall–Kier alpha value is -0.800. The number of rotatable bonds is 5. The Balaban J connectivity index is 1.82. The molecule has 78 valence electrons. The van der Waals surface area contributed by atoms with Gasteiger partial charge in [-0.15, -0.1) is 0 Å². The normalized spacial score (nSPS) is 18.8. The number of H-pyrrole nitrogens is 1. The first-order valence-corrected chi connectivity index (χ1v) is 5.15. The molecule has 0 atom stereocenters. The number of aromatic nitrogens is 1. The van der Waals surface area contributed by atoms with Crippen LogP contribution in [0, 0.1) is 5.41 Å². The Kier molecular flexibility index (Phi) is 2.61. The van der Waals surface area contributed by atoms with Gasteiger partial charge >= 0.3 is 0 Å². The molecular formula is C11H18N2O. The summed E-state index contributed by atoms with van der Waals surface area (Å²) < 4.78 is 0. The summed E-state index contributed by atoms with van der Waals surface area (Å²) in [4.78, 5) is 5.34. The first kappa shape index (κ1) is 9.74. The van der Waals surface area contributed by atoms with E-state index in [9.17, 15) is 5.11 Å². The van der Waals surface area contributed by atoms with Crippen LogP contribution in [0.2, 0.25) is 0 Å². The molecule has 0 aliphatic heterocycles. The molecule has 0 spiro atoms. The quantitative estimate of drug-likeness (QED) is 0.739. The van der Waals surface area contributed by atoms with Crippen molar-refractivity contribution in [2.24, 2.45) is 5.41 Å². The maximum absolute atomic E-state index is 9.20. The molecule has 2 rings (SSSR count). The van der Waals surface area contributed by atoms with Crippen LogP contribution in [0.1, 0.15) is 18.4 Å². The zero-order valence-electron chi connectivity index (χ0n) is 8.66. The van der Waals surface area contributed by atoms with Gasteiger partial charge in [0.25, 0.3) is 0 Å². The highest BCUT2D eigenvalue weighted by atomic mass is 16.3. The summed E-state index contributed by atoms with van der Waals surface area (Å²) in [5.74, 6) is 0. The van der Waals surface area contributed by atoms with Crippen LogP contribution in [0.25, 0.3) is 0 Å². The molecule has 1 heterocycles. The van der Waals surface area contributed by atoms with Gasteiger partial charge in [0, 0.05) is 37.5 Å². The largest absolute Gasteiger partial charge is 0.396 e. The van der Waals surface area contributed by atoms with Crippen molar-refractivity contribution in [1.82, 2.24) is 9.88 Å². The van der Waals surface area contributed by atoms with E-state index in [1.165, 1.54) is 18.4 Å². The van der Waals surface area contributed by atoms with Gasteiger partial charge in [-0.3, -0.25) is 0 Å². The number of hydrogen-bond acceptors (Lipinski definition) is 2. The van der Waals surface area contributed by atoms with Crippen LogP contribution in [0.5, 0.6) is 0 Å². The molecule has 14 heavy (non-hydrogen) atoms. The fourth-order valence-electron chi connectivity index (χ4n) is 1.94. The molecule has 1 aliphatic rings. The van der Waals surface area contributed by atoms with E-state index in [2.05, 4.69) is 23.0 Å². The van der Waals surface area contributed by atoms with Crippen molar-refractivity contribution in [3.63, 3.8) is 0 Å². The highest BCUT2D eigenvalue weighted by Gasteiger charge is 2.42. The van der Waals surface area contributed by atoms with Gasteiger partial charge in [0.05, 0.1) is 0 Å². The maximum atomic E-state index is 9.20. The highest BCUT2D eigenvalue weighted by Crippen LogP contribution is 2.45. The standard InChI is InChI=1S/C11H18N2O/c1-13(7-10-2-5-12-6-10)8-11(9-14)3-4-11/h2,5-6,12,14H,3-4,7-9H2,1H3. The molecule has 0 bridgehead atoms. The molecule has 0 unspecified atom stereocenters. The average molecular weight is 194 g/mol. The van der Waals surface area contributed by atoms with E-state index in [-0.39, 0.29) is 5.41 Å². The van der Waals surface area contributed by atoms with Crippen molar-refractivity contribution in [3.8, 4) is 0 Å². The second-order valence-electron chi connectivity index (χ2n) is 4.55. The van der Waals surface area contributed by atoms with Gasteiger partial charge in [0.15, 0.2) is 0 Å². The summed E-state index contributed by atoms with van der Waals surface area (Å²) in [7, 11) is 2.11. The van der Waals surface area contributed by atoms with Crippen molar-refractivity contribution in [1.29, 1.82) is 0 Å². The molecule has 0 aromatic carbocycles. The summed E-state index contributed by atoms with van der Waals surface area (Å²) >= 11 is 0. The van der Waals surface area contributed by atoms with Crippen LogP contribution in [0.4, 0.5) is 0 Å². The second kappa shape index (κ2) is 3.75. The maximum Gasteiger partial charge on any atom is 0.0499 e. The van der Waals surface area contributed by atoms with Crippen molar-refractivity contribution in [2.45, 2.75) is 19.4 Å². The Morgan fingerprint density at radius 3 is 2.86 bits per heavy atom. The average Bonchev–Trinajstić information content (AvgIpc) is 2.74. The molecule has 1 aromatic heterocycles. The van der Waals surface area contributed by atoms with E-state index in [1.54, 1.807) is 0 Å². The topological polar surface area (TPSA) is 39.3 Å². The lowest BCUT2D eigenvalue weighted by atomic mass is 10.1. The molecule has 0 radical (unpaired) electrons. The number of aliphatic hydroxyl groups is 1. The van der Waals surface area contributed by atoms with Gasteiger partial charge < -0.3 is 15.0 Å². The Morgan fingerprint density at radius 1 is 1.57 bits per heavy atom. The fourth-order valence-corrected chi connectivity index (χ4v) is 1.94. The van der Waals surface area contributed by atoms with Gasteiger partial charge in [0.1, 0.15) is 0 Å². The van der Waals surface area contributed by atoms with Crippen LogP contribution in [-0.2, 0) is 6.54 Å². The van der Waals surface area contributed by atoms with Crippen molar-refractivity contribution < 1.29 is 5.11 Å². The predicted molar refractivity (Wildman–Crippen MR) is 55.9 cm³/mol. The van der Waals surface area contributed by atoms with Gasteiger partial charge in [-0.05, 0) is 31.5 Å². The molecule has 1 aromatic rings. The first-order valence-electron chi connectivity index (χ1n) is 5.15. The fraction of sp³-hybridized carbons (Fsp3) is 0.636. The number of aliphatic hydroxyl groups excluding tert-OH is 1. The lowest BCUT2D eigenvalue weighted by Crippen LogP contribution is -2.28. The molecule has 0 saturated heterocycles. The monoisotopic (exact) mass is 194 g/mol. The third kappa shape index (κ3) is 2.16. The minimum Gasteiger partial charge on any atom is -0.396 e. The predicted octanol–water partition coefficient (Wildman–Crippen LogP) is 1.22. The van der Waals surface area contributed by atoms with Gasteiger partial charge in [0.2, 0.25) is 0 Å². The van der Waals surface area contributed by atoms with E-state index in [0.29, 0.717) is 6.61 Å². The minimum absolute atomic E-state index is 0.227. The van der Waals surface area contributed by atoms with E-state index in [0.717, 1.165) is 13.1 Å². The molecule has 1 saturated carbocycles. The molecule has 0 amide bonds. The van der Waals surface area contributed by atoms with E-state index in [1.807, 2.05) is 12.4 Å². The lowest BCUT2D eigenvalue weighted by Gasteiger charge is -2.21. The molecule has 1 aliphatic carbocycles. The molecule has 1 fully saturated rings. The lowest BCUT2D eigenvalue weighted by molar-refractivity contribution is 0.161. The Labute approximate surface area is 84.7 Å².